The molecule has 4 heterocycles. The maximum Gasteiger partial charge on any atom is 0.420 e. The van der Waals surface area contributed by atoms with Crippen LogP contribution in [-0.2, 0) is 28.7 Å². The molecule has 0 bridgehead atoms. The summed E-state index contributed by atoms with van der Waals surface area (Å²) >= 11 is 5.98. The lowest BCUT2D eigenvalue weighted by atomic mass is 9.99. The van der Waals surface area contributed by atoms with Crippen molar-refractivity contribution in [3.63, 3.8) is 0 Å². The van der Waals surface area contributed by atoms with E-state index in [1.54, 1.807) is 9.80 Å². The lowest BCUT2D eigenvalue weighted by Gasteiger charge is -2.42. The first kappa shape index (κ1) is 35.1. The normalized spacial score (nSPS) is 20.9. The number of urea groups is 1. The fourth-order valence-corrected chi connectivity index (χ4v) is 7.54. The first-order valence-corrected chi connectivity index (χ1v) is 17.2. The zero-order chi connectivity index (χ0) is 34.9. The van der Waals surface area contributed by atoms with Crippen LogP contribution in [0.25, 0.3) is 0 Å². The zero-order valence-electron chi connectivity index (χ0n) is 27.4. The molecular weight excluding hydrogens is 665 g/mol. The van der Waals surface area contributed by atoms with Crippen LogP contribution in [0.4, 0.5) is 28.4 Å². The highest BCUT2D eigenvalue weighted by Crippen LogP contribution is 2.40. The molecule has 0 radical (unpaired) electrons. The van der Waals surface area contributed by atoms with Gasteiger partial charge in [-0.25, -0.2) is 9.59 Å². The highest BCUT2D eigenvalue weighted by molar-refractivity contribution is 6.32. The summed E-state index contributed by atoms with van der Waals surface area (Å²) in [5.74, 6) is -1.58. The fraction of sp³-hybridized carbons (Fsp3) is 0.559. The number of amides is 4. The third-order valence-electron chi connectivity index (χ3n) is 10.2. The number of carbonyl (C=O) groups is 3. The zero-order valence-corrected chi connectivity index (χ0v) is 28.2. The van der Waals surface area contributed by atoms with Crippen LogP contribution in [0, 0.1) is 0 Å². The van der Waals surface area contributed by atoms with Gasteiger partial charge in [0.05, 0.1) is 10.6 Å². The van der Waals surface area contributed by atoms with Crippen LogP contribution in [0.2, 0.25) is 5.02 Å². The molecule has 4 aliphatic heterocycles. The number of hydrogen-bond donors (Lipinski definition) is 2. The van der Waals surface area contributed by atoms with Crippen molar-refractivity contribution in [2.45, 2.75) is 63.0 Å². The smallest absolute Gasteiger partial charge is 0.420 e. The van der Waals surface area contributed by atoms with E-state index in [4.69, 9.17) is 16.3 Å². The standard InChI is InChI=1S/C34H42ClF3N6O5/c1-40-14-16-41(17-15-40)24-6-10-42(11-7-24)31(46)29(20-22-18-26(34(36,37)38)30(45)27(35)19-22)49-33(48)43-12-8-25(9-13-43)44-21-23-4-2-3-5-28(23)39-32(44)47/h2-5,18-19,24-25,29,45H,6-17,20-21H2,1H3,(H,39,47)/t29-/m1/s1. The Kier molecular flexibility index (Phi) is 10.5. The van der Waals surface area contributed by atoms with Crippen molar-refractivity contribution in [3.8, 4) is 5.75 Å². The third kappa shape index (κ3) is 8.02. The number of nitrogens with zero attached hydrogens (tertiary/aromatic N) is 5. The largest absolute Gasteiger partial charge is 0.506 e. The summed E-state index contributed by atoms with van der Waals surface area (Å²) in [5, 5.41) is 12.4. The number of hydrogen-bond acceptors (Lipinski definition) is 7. The van der Waals surface area contributed by atoms with Gasteiger partial charge in [-0.1, -0.05) is 29.8 Å². The molecule has 0 aliphatic carbocycles. The Labute approximate surface area is 288 Å². The summed E-state index contributed by atoms with van der Waals surface area (Å²) in [4.78, 5) is 49.8. The number of halogens is 4. The molecule has 11 nitrogen and oxygen atoms in total. The van der Waals surface area contributed by atoms with Crippen molar-refractivity contribution < 1.29 is 37.4 Å². The molecule has 266 valence electrons. The minimum atomic E-state index is -4.89. The Bertz CT molecular complexity index is 1540. The second-order valence-corrected chi connectivity index (χ2v) is 13.8. The Hall–Kier alpha value is -3.75. The molecule has 2 aromatic rings. The number of aromatic hydroxyl groups is 1. The van der Waals surface area contributed by atoms with E-state index >= 15 is 0 Å². The number of likely N-dealkylation sites (N-methyl/N-ethyl adjacent to an activating group) is 1. The number of anilines is 1. The lowest BCUT2D eigenvalue weighted by Crippen LogP contribution is -2.55. The molecule has 2 N–H and O–H groups in total. The summed E-state index contributed by atoms with van der Waals surface area (Å²) in [6.45, 7) is 5.71. The molecular formula is C34H42ClF3N6O5. The third-order valence-corrected chi connectivity index (χ3v) is 10.5. The van der Waals surface area contributed by atoms with Crippen LogP contribution in [0.1, 0.15) is 42.4 Å². The molecule has 6 rings (SSSR count). The fourth-order valence-electron chi connectivity index (χ4n) is 7.30. The number of phenolic OH excluding ortho intramolecular Hbond substituents is 1. The number of ether oxygens (including phenoxy) is 1. The summed E-state index contributed by atoms with van der Waals surface area (Å²) in [6.07, 6.45) is -4.94. The molecule has 15 heteroatoms. The molecule has 2 aromatic carbocycles. The average molecular weight is 707 g/mol. The molecule has 3 fully saturated rings. The number of alkyl halides is 3. The number of carbonyl (C=O) groups excluding carboxylic acids is 3. The molecule has 0 spiro atoms. The predicted molar refractivity (Wildman–Crippen MR) is 176 cm³/mol. The SMILES string of the molecule is CN1CCN(C2CCN(C(=O)[C@@H](Cc3cc(Cl)c(O)c(C(F)(F)F)c3)OC(=O)N3CCC(N4Cc5ccccc5NC4=O)CC3)CC2)CC1. The van der Waals surface area contributed by atoms with Crippen molar-refractivity contribution in [1.82, 2.24) is 24.5 Å². The van der Waals surface area contributed by atoms with Crippen LogP contribution >= 0.6 is 11.6 Å². The number of fused-ring (bicyclic) bond motifs is 1. The van der Waals surface area contributed by atoms with Crippen molar-refractivity contribution in [3.05, 3.63) is 58.1 Å². The van der Waals surface area contributed by atoms with Gasteiger partial charge in [-0.2, -0.15) is 13.2 Å². The molecule has 4 amide bonds. The number of nitrogens with one attached hydrogen (secondary N) is 1. The molecule has 1 atom stereocenters. The van der Waals surface area contributed by atoms with Crippen molar-refractivity contribution in [1.29, 1.82) is 0 Å². The van der Waals surface area contributed by atoms with Crippen LogP contribution in [0.5, 0.6) is 5.75 Å². The van der Waals surface area contributed by atoms with Gasteiger partial charge in [-0.15, -0.1) is 0 Å². The Morgan fingerprint density at radius 1 is 0.959 bits per heavy atom. The minimum absolute atomic E-state index is 0.00342. The Balaban J connectivity index is 1.13. The van der Waals surface area contributed by atoms with Gasteiger partial charge in [0.2, 0.25) is 0 Å². The van der Waals surface area contributed by atoms with E-state index in [1.807, 2.05) is 24.3 Å². The van der Waals surface area contributed by atoms with Gasteiger partial charge in [-0.05, 0) is 62.1 Å². The van der Waals surface area contributed by atoms with Gasteiger partial charge < -0.3 is 34.8 Å². The van der Waals surface area contributed by atoms with Gasteiger partial charge in [0.15, 0.2) is 6.10 Å². The average Bonchev–Trinajstić information content (AvgIpc) is 3.09. The van der Waals surface area contributed by atoms with E-state index in [2.05, 4.69) is 22.2 Å². The summed E-state index contributed by atoms with van der Waals surface area (Å²) < 4.78 is 46.9. The van der Waals surface area contributed by atoms with Gasteiger partial charge >= 0.3 is 18.3 Å². The highest BCUT2D eigenvalue weighted by atomic mass is 35.5. The quantitative estimate of drug-likeness (QED) is 0.442. The van der Waals surface area contributed by atoms with Gasteiger partial charge in [0.25, 0.3) is 5.91 Å². The maximum absolute atomic E-state index is 13.9. The first-order valence-electron chi connectivity index (χ1n) is 16.8. The van der Waals surface area contributed by atoms with Crippen molar-refractivity contribution in [2.24, 2.45) is 0 Å². The van der Waals surface area contributed by atoms with E-state index in [9.17, 15) is 32.7 Å². The Morgan fingerprint density at radius 3 is 2.27 bits per heavy atom. The number of piperazine rings is 1. The molecule has 0 aromatic heterocycles. The van der Waals surface area contributed by atoms with E-state index < -0.39 is 40.6 Å². The topological polar surface area (TPSA) is 109 Å². The molecule has 0 unspecified atom stereocenters. The number of para-hydroxylation sites is 1. The number of benzene rings is 2. The summed E-state index contributed by atoms with van der Waals surface area (Å²) in [6, 6.07) is 9.49. The van der Waals surface area contributed by atoms with E-state index in [-0.39, 0.29) is 37.1 Å². The number of phenols is 1. The van der Waals surface area contributed by atoms with E-state index in [0.717, 1.165) is 62.4 Å². The molecule has 49 heavy (non-hydrogen) atoms. The van der Waals surface area contributed by atoms with Gasteiger partial charge in [0.1, 0.15) is 5.75 Å². The second kappa shape index (κ2) is 14.6. The summed E-state index contributed by atoms with van der Waals surface area (Å²) in [7, 11) is 2.09. The van der Waals surface area contributed by atoms with E-state index in [0.29, 0.717) is 38.5 Å². The number of rotatable bonds is 6. The number of likely N-dealkylation sites (tertiary alicyclic amines) is 2. The lowest BCUT2D eigenvalue weighted by molar-refractivity contribution is -0.142. The first-order chi connectivity index (χ1) is 23.4. The van der Waals surface area contributed by atoms with Crippen molar-refractivity contribution in [2.75, 3.05) is 64.7 Å². The van der Waals surface area contributed by atoms with Gasteiger partial charge in [0, 0.05) is 83.1 Å². The molecule has 3 saturated heterocycles. The predicted octanol–water partition coefficient (Wildman–Crippen LogP) is 4.86. The monoisotopic (exact) mass is 706 g/mol. The molecule has 4 aliphatic rings. The summed E-state index contributed by atoms with van der Waals surface area (Å²) in [5.41, 5.74) is 0.456. The van der Waals surface area contributed by atoms with Crippen LogP contribution in [-0.4, -0.2) is 125 Å². The van der Waals surface area contributed by atoms with Gasteiger partial charge in [-0.3, -0.25) is 9.69 Å². The second-order valence-electron chi connectivity index (χ2n) is 13.4. The molecule has 0 saturated carbocycles. The van der Waals surface area contributed by atoms with Crippen LogP contribution in [0.15, 0.2) is 36.4 Å². The van der Waals surface area contributed by atoms with Crippen LogP contribution < -0.4 is 5.32 Å². The van der Waals surface area contributed by atoms with E-state index in [1.165, 1.54) is 4.90 Å². The highest BCUT2D eigenvalue weighted by Gasteiger charge is 2.39. The Morgan fingerprint density at radius 2 is 1.59 bits per heavy atom. The van der Waals surface area contributed by atoms with Crippen LogP contribution in [0.3, 0.4) is 0 Å². The maximum atomic E-state index is 13.9. The van der Waals surface area contributed by atoms with Crippen molar-refractivity contribution >= 4 is 35.3 Å². The minimum Gasteiger partial charge on any atom is -0.506 e. The number of piperidine rings is 2.